The standard InChI is InChI=1S/C25H22N2O4/c26-23-14-17(24(28)29)12-11-16(23)6-5-13-27-25(30)31-15-22-20-9-3-1-7-18(20)19-8-2-4-10-21(19)22/h1-12,14,22H,13,15,26H2,(H,27,30)(H,28,29). The van der Waals surface area contributed by atoms with Crippen LogP contribution in [0.15, 0.2) is 72.8 Å². The molecule has 0 radical (unpaired) electrons. The van der Waals surface area contributed by atoms with E-state index in [9.17, 15) is 9.59 Å². The third-order valence-electron chi connectivity index (χ3n) is 5.34. The number of anilines is 1. The number of benzene rings is 3. The van der Waals surface area contributed by atoms with Crippen LogP contribution in [-0.2, 0) is 4.74 Å². The van der Waals surface area contributed by atoms with E-state index in [4.69, 9.17) is 15.6 Å². The molecule has 0 bridgehead atoms. The minimum absolute atomic E-state index is 0.0150. The fourth-order valence-corrected chi connectivity index (χ4v) is 3.84. The van der Waals surface area contributed by atoms with E-state index < -0.39 is 12.1 Å². The zero-order valence-electron chi connectivity index (χ0n) is 16.7. The summed E-state index contributed by atoms with van der Waals surface area (Å²) < 4.78 is 5.48. The van der Waals surface area contributed by atoms with Gasteiger partial charge in [-0.2, -0.15) is 0 Å². The van der Waals surface area contributed by atoms with Gasteiger partial charge in [-0.1, -0.05) is 66.7 Å². The highest BCUT2D eigenvalue weighted by atomic mass is 16.5. The molecule has 0 unspecified atom stereocenters. The first kappa shape index (κ1) is 20.2. The molecule has 0 atom stereocenters. The molecular formula is C25H22N2O4. The van der Waals surface area contributed by atoms with Crippen molar-refractivity contribution in [2.45, 2.75) is 5.92 Å². The number of alkyl carbamates (subject to hydrolysis) is 1. The molecule has 1 aliphatic rings. The third-order valence-corrected chi connectivity index (χ3v) is 5.34. The van der Waals surface area contributed by atoms with Gasteiger partial charge in [-0.25, -0.2) is 9.59 Å². The Morgan fingerprint density at radius 1 is 1.00 bits per heavy atom. The van der Waals surface area contributed by atoms with Crippen LogP contribution in [0.1, 0.15) is 33.0 Å². The molecule has 0 heterocycles. The molecule has 0 spiro atoms. The molecule has 3 aromatic rings. The number of carboxylic acids is 1. The quantitative estimate of drug-likeness (QED) is 0.515. The molecule has 1 amide bonds. The summed E-state index contributed by atoms with van der Waals surface area (Å²) in [6.07, 6.45) is 2.96. The van der Waals surface area contributed by atoms with Gasteiger partial charge >= 0.3 is 12.1 Å². The molecule has 4 rings (SSSR count). The maximum Gasteiger partial charge on any atom is 0.407 e. The molecule has 31 heavy (non-hydrogen) atoms. The molecule has 0 fully saturated rings. The van der Waals surface area contributed by atoms with Crippen LogP contribution in [0, 0.1) is 0 Å². The fraction of sp³-hybridized carbons (Fsp3) is 0.120. The van der Waals surface area contributed by atoms with Crippen molar-refractivity contribution < 1.29 is 19.4 Å². The molecule has 0 saturated carbocycles. The van der Waals surface area contributed by atoms with Gasteiger partial charge in [0.1, 0.15) is 6.61 Å². The molecule has 0 aromatic heterocycles. The number of fused-ring (bicyclic) bond motifs is 3. The summed E-state index contributed by atoms with van der Waals surface area (Å²) in [5, 5.41) is 11.7. The maximum atomic E-state index is 12.2. The second-order valence-electron chi connectivity index (χ2n) is 7.26. The fourth-order valence-electron chi connectivity index (χ4n) is 3.84. The van der Waals surface area contributed by atoms with Crippen molar-refractivity contribution in [1.29, 1.82) is 0 Å². The molecule has 4 N–H and O–H groups in total. The third kappa shape index (κ3) is 4.28. The summed E-state index contributed by atoms with van der Waals surface area (Å²) in [5.41, 5.74) is 11.7. The van der Waals surface area contributed by atoms with Crippen molar-refractivity contribution >= 4 is 23.8 Å². The van der Waals surface area contributed by atoms with Crippen molar-refractivity contribution in [3.8, 4) is 11.1 Å². The Morgan fingerprint density at radius 2 is 1.65 bits per heavy atom. The van der Waals surface area contributed by atoms with Gasteiger partial charge < -0.3 is 20.9 Å². The number of rotatable bonds is 6. The smallest absolute Gasteiger partial charge is 0.407 e. The lowest BCUT2D eigenvalue weighted by Crippen LogP contribution is -2.26. The van der Waals surface area contributed by atoms with Gasteiger partial charge in [0.05, 0.1) is 5.56 Å². The predicted octanol–water partition coefficient (Wildman–Crippen LogP) is 4.52. The normalized spacial score (nSPS) is 12.4. The largest absolute Gasteiger partial charge is 0.478 e. The Labute approximate surface area is 180 Å². The van der Waals surface area contributed by atoms with E-state index in [1.807, 2.05) is 24.3 Å². The number of ether oxygens (including phenoxy) is 1. The van der Waals surface area contributed by atoms with Gasteiger partial charge in [0.15, 0.2) is 0 Å². The Bertz CT molecular complexity index is 1120. The molecule has 6 heteroatoms. The van der Waals surface area contributed by atoms with E-state index in [2.05, 4.69) is 29.6 Å². The van der Waals surface area contributed by atoms with Crippen molar-refractivity contribution in [3.05, 3.63) is 95.1 Å². The van der Waals surface area contributed by atoms with Gasteiger partial charge in [-0.05, 0) is 39.9 Å². The highest BCUT2D eigenvalue weighted by Gasteiger charge is 2.28. The SMILES string of the molecule is Nc1cc(C(=O)O)ccc1C=CCNC(=O)OCC1c2ccccc2-c2ccccc21. The van der Waals surface area contributed by atoms with Crippen LogP contribution in [0.25, 0.3) is 17.2 Å². The number of nitrogens with one attached hydrogen (secondary N) is 1. The van der Waals surface area contributed by atoms with Gasteiger partial charge in [0.25, 0.3) is 0 Å². The molecule has 6 nitrogen and oxygen atoms in total. The second-order valence-corrected chi connectivity index (χ2v) is 7.26. The van der Waals surface area contributed by atoms with Crippen LogP contribution >= 0.6 is 0 Å². The Morgan fingerprint density at radius 3 is 2.26 bits per heavy atom. The maximum absolute atomic E-state index is 12.2. The first-order chi connectivity index (χ1) is 15.0. The van der Waals surface area contributed by atoms with Crippen LogP contribution in [0.2, 0.25) is 0 Å². The molecular weight excluding hydrogens is 392 g/mol. The lowest BCUT2D eigenvalue weighted by atomic mass is 9.98. The van der Waals surface area contributed by atoms with E-state index in [0.29, 0.717) is 11.3 Å². The first-order valence-electron chi connectivity index (χ1n) is 9.93. The Balaban J connectivity index is 1.32. The summed E-state index contributed by atoms with van der Waals surface area (Å²) in [5.74, 6) is -1.01. The van der Waals surface area contributed by atoms with E-state index in [0.717, 1.165) is 11.1 Å². The van der Waals surface area contributed by atoms with Crippen molar-refractivity contribution in [1.82, 2.24) is 5.32 Å². The lowest BCUT2D eigenvalue weighted by Gasteiger charge is -2.14. The minimum Gasteiger partial charge on any atom is -0.478 e. The summed E-state index contributed by atoms with van der Waals surface area (Å²) in [4.78, 5) is 23.1. The van der Waals surface area contributed by atoms with Crippen LogP contribution < -0.4 is 11.1 Å². The monoisotopic (exact) mass is 414 g/mol. The number of hydrogen-bond donors (Lipinski definition) is 3. The number of carbonyl (C=O) groups excluding carboxylic acids is 1. The highest BCUT2D eigenvalue weighted by Crippen LogP contribution is 2.44. The van der Waals surface area contributed by atoms with E-state index in [1.54, 1.807) is 18.2 Å². The summed E-state index contributed by atoms with van der Waals surface area (Å²) in [6, 6.07) is 20.9. The van der Waals surface area contributed by atoms with Crippen LogP contribution in [0.5, 0.6) is 0 Å². The van der Waals surface area contributed by atoms with E-state index in [1.165, 1.54) is 23.3 Å². The number of nitrogens with two attached hydrogens (primary N) is 1. The second kappa shape index (κ2) is 8.75. The average Bonchev–Trinajstić information content (AvgIpc) is 3.10. The summed E-state index contributed by atoms with van der Waals surface area (Å²) in [7, 11) is 0. The van der Waals surface area contributed by atoms with Crippen LogP contribution in [0.4, 0.5) is 10.5 Å². The minimum atomic E-state index is -1.03. The van der Waals surface area contributed by atoms with E-state index in [-0.39, 0.29) is 24.6 Å². The summed E-state index contributed by atoms with van der Waals surface area (Å²) in [6.45, 7) is 0.518. The van der Waals surface area contributed by atoms with Gasteiger partial charge in [-0.3, -0.25) is 0 Å². The first-order valence-corrected chi connectivity index (χ1v) is 9.93. The number of aromatic carboxylic acids is 1. The van der Waals surface area contributed by atoms with Gasteiger partial charge in [0.2, 0.25) is 0 Å². The number of nitrogen functional groups attached to an aromatic ring is 1. The molecule has 0 aliphatic heterocycles. The molecule has 156 valence electrons. The van der Waals surface area contributed by atoms with Crippen molar-refractivity contribution in [2.24, 2.45) is 0 Å². The molecule has 3 aromatic carbocycles. The highest BCUT2D eigenvalue weighted by molar-refractivity contribution is 5.89. The predicted molar refractivity (Wildman–Crippen MR) is 120 cm³/mol. The topological polar surface area (TPSA) is 102 Å². The van der Waals surface area contributed by atoms with Crippen LogP contribution in [0.3, 0.4) is 0 Å². The molecule has 0 saturated heterocycles. The average molecular weight is 414 g/mol. The summed E-state index contributed by atoms with van der Waals surface area (Å²) >= 11 is 0. The van der Waals surface area contributed by atoms with E-state index >= 15 is 0 Å². The number of hydrogen-bond acceptors (Lipinski definition) is 4. The van der Waals surface area contributed by atoms with Crippen LogP contribution in [-0.4, -0.2) is 30.3 Å². The Kier molecular flexibility index (Phi) is 5.71. The molecule has 1 aliphatic carbocycles. The van der Waals surface area contributed by atoms with Gasteiger partial charge in [-0.15, -0.1) is 0 Å². The number of amides is 1. The van der Waals surface area contributed by atoms with Crippen molar-refractivity contribution in [2.75, 3.05) is 18.9 Å². The Hall–Kier alpha value is -4.06. The van der Waals surface area contributed by atoms with Gasteiger partial charge in [0, 0.05) is 18.2 Å². The zero-order chi connectivity index (χ0) is 21.8. The van der Waals surface area contributed by atoms with Crippen molar-refractivity contribution in [3.63, 3.8) is 0 Å². The number of carbonyl (C=O) groups is 2. The zero-order valence-corrected chi connectivity index (χ0v) is 16.7. The lowest BCUT2D eigenvalue weighted by molar-refractivity contribution is 0.0697. The number of carboxylic acid groups (broad SMARTS) is 1.